The molecule has 0 heterocycles. The van der Waals surface area contributed by atoms with Crippen molar-refractivity contribution < 1.29 is 4.79 Å². The molecular formula is C22H21NO. The van der Waals surface area contributed by atoms with Gasteiger partial charge in [0, 0.05) is 18.7 Å². The van der Waals surface area contributed by atoms with Crippen LogP contribution in [0.2, 0.25) is 0 Å². The summed E-state index contributed by atoms with van der Waals surface area (Å²) in [7, 11) is 0. The molecule has 0 fully saturated rings. The van der Waals surface area contributed by atoms with Gasteiger partial charge in [-0.1, -0.05) is 91.0 Å². The fraction of sp³-hybridized carbons (Fsp3) is 0.136. The molecule has 0 radical (unpaired) electrons. The van der Waals surface area contributed by atoms with E-state index in [9.17, 15) is 4.79 Å². The van der Waals surface area contributed by atoms with Crippen LogP contribution in [0.4, 0.5) is 0 Å². The lowest BCUT2D eigenvalue weighted by molar-refractivity contribution is 0.0920. The van der Waals surface area contributed by atoms with Gasteiger partial charge in [0.25, 0.3) is 0 Å². The molecule has 0 saturated heterocycles. The van der Waals surface area contributed by atoms with Gasteiger partial charge in [0.1, 0.15) is 0 Å². The zero-order valence-electron chi connectivity index (χ0n) is 13.6. The normalized spacial score (nSPS) is 10.7. The van der Waals surface area contributed by atoms with E-state index in [1.807, 2.05) is 66.7 Å². The van der Waals surface area contributed by atoms with Crippen LogP contribution in [0.5, 0.6) is 0 Å². The highest BCUT2D eigenvalue weighted by molar-refractivity contribution is 5.97. The first-order valence-electron chi connectivity index (χ1n) is 8.20. The summed E-state index contributed by atoms with van der Waals surface area (Å²) in [6, 6.07) is 30.1. The third-order valence-corrected chi connectivity index (χ3v) is 3.96. The zero-order chi connectivity index (χ0) is 16.6. The lowest BCUT2D eigenvalue weighted by Gasteiger charge is -2.22. The Morgan fingerprint density at radius 1 is 0.625 bits per heavy atom. The van der Waals surface area contributed by atoms with Crippen molar-refractivity contribution in [1.82, 2.24) is 4.90 Å². The van der Waals surface area contributed by atoms with E-state index in [0.717, 1.165) is 18.7 Å². The van der Waals surface area contributed by atoms with Crippen molar-refractivity contribution in [2.24, 2.45) is 0 Å². The van der Waals surface area contributed by atoms with Gasteiger partial charge in [0.05, 0.1) is 6.54 Å². The highest BCUT2D eigenvalue weighted by Crippen LogP contribution is 2.11. The van der Waals surface area contributed by atoms with Crippen LogP contribution in [0.15, 0.2) is 91.0 Å². The molecule has 0 atom stereocenters. The molecule has 0 amide bonds. The monoisotopic (exact) mass is 315 g/mol. The molecule has 3 aromatic carbocycles. The number of nitrogens with zero attached hydrogens (tertiary/aromatic N) is 1. The largest absolute Gasteiger partial charge is 0.293 e. The number of hydrogen-bond acceptors (Lipinski definition) is 2. The van der Waals surface area contributed by atoms with E-state index < -0.39 is 0 Å². The Labute approximate surface area is 143 Å². The summed E-state index contributed by atoms with van der Waals surface area (Å²) >= 11 is 0. The number of Topliss-reactive ketones (excluding diaryl/α,β-unsaturated/α-hetero) is 1. The second-order valence-corrected chi connectivity index (χ2v) is 5.91. The van der Waals surface area contributed by atoms with E-state index in [0.29, 0.717) is 6.54 Å². The van der Waals surface area contributed by atoms with E-state index in [2.05, 4.69) is 29.2 Å². The molecule has 24 heavy (non-hydrogen) atoms. The minimum absolute atomic E-state index is 0.155. The first-order valence-corrected chi connectivity index (χ1v) is 8.20. The molecule has 0 bridgehead atoms. The highest BCUT2D eigenvalue weighted by atomic mass is 16.1. The minimum Gasteiger partial charge on any atom is -0.293 e. The zero-order valence-corrected chi connectivity index (χ0v) is 13.6. The van der Waals surface area contributed by atoms with Gasteiger partial charge in [0.15, 0.2) is 5.78 Å². The average Bonchev–Trinajstić information content (AvgIpc) is 2.64. The molecule has 120 valence electrons. The van der Waals surface area contributed by atoms with E-state index in [4.69, 9.17) is 0 Å². The van der Waals surface area contributed by atoms with Crippen molar-refractivity contribution in [3.8, 4) is 0 Å². The number of carbonyl (C=O) groups excluding carboxylic acids is 1. The summed E-state index contributed by atoms with van der Waals surface area (Å²) in [6.45, 7) is 1.93. The number of carbonyl (C=O) groups is 1. The molecule has 0 spiro atoms. The topological polar surface area (TPSA) is 20.3 Å². The summed E-state index contributed by atoms with van der Waals surface area (Å²) < 4.78 is 0. The number of ketones is 1. The van der Waals surface area contributed by atoms with Gasteiger partial charge in [-0.3, -0.25) is 9.69 Å². The molecule has 0 aliphatic heterocycles. The summed E-state index contributed by atoms with van der Waals surface area (Å²) in [5.41, 5.74) is 3.20. The lowest BCUT2D eigenvalue weighted by atomic mass is 10.1. The van der Waals surface area contributed by atoms with Crippen LogP contribution < -0.4 is 0 Å². The molecule has 3 aromatic rings. The van der Waals surface area contributed by atoms with Crippen molar-refractivity contribution in [3.05, 3.63) is 108 Å². The predicted octanol–water partition coefficient (Wildman–Crippen LogP) is 4.57. The van der Waals surface area contributed by atoms with Crippen LogP contribution in [0.3, 0.4) is 0 Å². The van der Waals surface area contributed by atoms with Crippen LogP contribution in [0.1, 0.15) is 21.5 Å². The van der Waals surface area contributed by atoms with Gasteiger partial charge < -0.3 is 0 Å². The quantitative estimate of drug-likeness (QED) is 0.595. The maximum Gasteiger partial charge on any atom is 0.176 e. The smallest absolute Gasteiger partial charge is 0.176 e. The Kier molecular flexibility index (Phi) is 5.54. The first-order chi connectivity index (χ1) is 11.8. The standard InChI is InChI=1S/C22H21NO/c24-22(21-14-8-3-9-15-21)18-23(16-19-10-4-1-5-11-19)17-20-12-6-2-7-13-20/h1-15H,16-18H2. The molecule has 2 heteroatoms. The highest BCUT2D eigenvalue weighted by Gasteiger charge is 2.13. The molecular weight excluding hydrogens is 294 g/mol. The van der Waals surface area contributed by atoms with Gasteiger partial charge in [-0.05, 0) is 11.1 Å². The fourth-order valence-electron chi connectivity index (χ4n) is 2.77. The van der Waals surface area contributed by atoms with Gasteiger partial charge in [-0.25, -0.2) is 0 Å². The first kappa shape index (κ1) is 16.2. The van der Waals surface area contributed by atoms with Gasteiger partial charge in [0.2, 0.25) is 0 Å². The molecule has 0 saturated carbocycles. The van der Waals surface area contributed by atoms with Crippen LogP contribution in [-0.2, 0) is 13.1 Å². The molecule has 0 N–H and O–H groups in total. The second kappa shape index (κ2) is 8.23. The van der Waals surface area contributed by atoms with Gasteiger partial charge in [-0.15, -0.1) is 0 Å². The Balaban J connectivity index is 1.75. The van der Waals surface area contributed by atoms with Crippen LogP contribution in [0.25, 0.3) is 0 Å². The Morgan fingerprint density at radius 3 is 1.50 bits per heavy atom. The Bertz CT molecular complexity index is 712. The van der Waals surface area contributed by atoms with Crippen molar-refractivity contribution in [3.63, 3.8) is 0 Å². The summed E-state index contributed by atoms with van der Waals surface area (Å²) in [6.07, 6.45) is 0. The third-order valence-electron chi connectivity index (χ3n) is 3.96. The van der Waals surface area contributed by atoms with E-state index in [1.54, 1.807) is 0 Å². The molecule has 3 rings (SSSR count). The maximum atomic E-state index is 12.6. The summed E-state index contributed by atoms with van der Waals surface area (Å²) in [5, 5.41) is 0. The maximum absolute atomic E-state index is 12.6. The Hall–Kier alpha value is -2.71. The van der Waals surface area contributed by atoms with Crippen molar-refractivity contribution in [2.45, 2.75) is 13.1 Å². The van der Waals surface area contributed by atoms with E-state index in [-0.39, 0.29) is 5.78 Å². The second-order valence-electron chi connectivity index (χ2n) is 5.91. The fourth-order valence-corrected chi connectivity index (χ4v) is 2.77. The van der Waals surface area contributed by atoms with Gasteiger partial charge in [-0.2, -0.15) is 0 Å². The van der Waals surface area contributed by atoms with E-state index in [1.165, 1.54) is 11.1 Å². The molecule has 0 unspecified atom stereocenters. The van der Waals surface area contributed by atoms with Crippen molar-refractivity contribution >= 4 is 5.78 Å². The van der Waals surface area contributed by atoms with Crippen LogP contribution in [0, 0.1) is 0 Å². The molecule has 2 nitrogen and oxygen atoms in total. The van der Waals surface area contributed by atoms with Gasteiger partial charge >= 0.3 is 0 Å². The SMILES string of the molecule is O=C(CN(Cc1ccccc1)Cc1ccccc1)c1ccccc1. The van der Waals surface area contributed by atoms with Crippen molar-refractivity contribution in [1.29, 1.82) is 0 Å². The Morgan fingerprint density at radius 2 is 1.04 bits per heavy atom. The van der Waals surface area contributed by atoms with Crippen LogP contribution >= 0.6 is 0 Å². The summed E-state index contributed by atoms with van der Waals surface area (Å²) in [5.74, 6) is 0.155. The van der Waals surface area contributed by atoms with Crippen LogP contribution in [-0.4, -0.2) is 17.2 Å². The number of benzene rings is 3. The molecule has 0 aliphatic rings. The summed E-state index contributed by atoms with van der Waals surface area (Å²) in [4.78, 5) is 14.8. The number of hydrogen-bond donors (Lipinski definition) is 0. The molecule has 0 aliphatic carbocycles. The van der Waals surface area contributed by atoms with E-state index >= 15 is 0 Å². The number of rotatable bonds is 7. The molecule has 0 aromatic heterocycles. The van der Waals surface area contributed by atoms with Crippen molar-refractivity contribution in [2.75, 3.05) is 6.54 Å². The lowest BCUT2D eigenvalue weighted by Crippen LogP contribution is -2.29. The minimum atomic E-state index is 0.155. The predicted molar refractivity (Wildman–Crippen MR) is 97.8 cm³/mol. The third kappa shape index (κ3) is 4.64. The average molecular weight is 315 g/mol.